The van der Waals surface area contributed by atoms with Crippen molar-refractivity contribution in [3.05, 3.63) is 28.6 Å². The molecule has 0 bridgehead atoms. The first kappa shape index (κ1) is 5.76. The number of aryl methyl sites for hydroxylation is 2. The van der Waals surface area contributed by atoms with E-state index in [2.05, 4.69) is 18.0 Å². The average Bonchev–Trinajstić information content (AvgIpc) is 2.50. The molecule has 56 valence electrons. The van der Waals surface area contributed by atoms with Gasteiger partial charge in [-0.1, -0.05) is 13.0 Å². The van der Waals surface area contributed by atoms with E-state index in [-0.39, 0.29) is 0 Å². The van der Waals surface area contributed by atoms with Crippen molar-refractivity contribution >= 4 is 0 Å². The van der Waals surface area contributed by atoms with Gasteiger partial charge in [0.25, 0.3) is 0 Å². The van der Waals surface area contributed by atoms with Crippen molar-refractivity contribution in [3.63, 3.8) is 0 Å². The first-order valence-electron chi connectivity index (χ1n) is 4.39. The third-order valence-corrected chi connectivity index (χ3v) is 2.90. The lowest BCUT2D eigenvalue weighted by Crippen LogP contribution is -1.84. The Labute approximate surface area is 66.5 Å². The Hall–Kier alpha value is -0.850. The van der Waals surface area contributed by atoms with Crippen LogP contribution in [0.1, 0.15) is 41.8 Å². The van der Waals surface area contributed by atoms with Crippen molar-refractivity contribution in [2.75, 3.05) is 0 Å². The van der Waals surface area contributed by atoms with Crippen LogP contribution in [0, 0.1) is 0 Å². The Balaban J connectivity index is 2.20. The van der Waals surface area contributed by atoms with Crippen molar-refractivity contribution in [1.29, 1.82) is 0 Å². The number of aromatic nitrogens is 1. The van der Waals surface area contributed by atoms with Crippen LogP contribution >= 0.6 is 0 Å². The molecule has 3 rings (SSSR count). The number of hydrogen-bond donors (Lipinski definition) is 0. The van der Waals surface area contributed by atoms with Crippen LogP contribution in [0.25, 0.3) is 0 Å². The second-order valence-corrected chi connectivity index (χ2v) is 3.64. The molecule has 0 saturated heterocycles. The van der Waals surface area contributed by atoms with Crippen molar-refractivity contribution in [2.45, 2.75) is 32.1 Å². The maximum absolute atomic E-state index is 4.63. The van der Waals surface area contributed by atoms with E-state index in [9.17, 15) is 0 Å². The summed E-state index contributed by atoms with van der Waals surface area (Å²) in [5, 5.41) is 0. The number of hydrogen-bond acceptors (Lipinski definition) is 1. The lowest BCUT2D eigenvalue weighted by molar-refractivity contribution is 0.893. The highest BCUT2D eigenvalue weighted by atomic mass is 14.8. The maximum atomic E-state index is 4.63. The molecule has 0 amide bonds. The second kappa shape index (κ2) is 1.66. The summed E-state index contributed by atoms with van der Waals surface area (Å²) in [5.41, 5.74) is 5.78. The molecule has 0 saturated carbocycles. The lowest BCUT2D eigenvalue weighted by Gasteiger charge is -1.91. The Bertz CT molecular complexity index is 297. The molecule has 1 heterocycles. The van der Waals surface area contributed by atoms with Crippen LogP contribution in [-0.4, -0.2) is 4.98 Å². The molecule has 0 spiro atoms. The van der Waals surface area contributed by atoms with E-state index in [0.717, 1.165) is 0 Å². The predicted octanol–water partition coefficient (Wildman–Crippen LogP) is 2.04. The van der Waals surface area contributed by atoms with Crippen LogP contribution in [0.2, 0.25) is 0 Å². The third-order valence-electron chi connectivity index (χ3n) is 2.90. The minimum atomic E-state index is 0.681. The largest absolute Gasteiger partial charge is 0.257 e. The van der Waals surface area contributed by atoms with Gasteiger partial charge >= 0.3 is 0 Å². The molecule has 0 radical (unpaired) electrons. The van der Waals surface area contributed by atoms with Crippen LogP contribution in [0.4, 0.5) is 0 Å². The summed E-state index contributed by atoms with van der Waals surface area (Å²) in [4.78, 5) is 4.63. The minimum absolute atomic E-state index is 0.681. The molecule has 1 aromatic heterocycles. The molecule has 1 nitrogen and oxygen atoms in total. The Morgan fingerprint density at radius 3 is 3.27 bits per heavy atom. The molecule has 1 heteroatoms. The fraction of sp³-hybridized carbons (Fsp3) is 0.500. The summed E-state index contributed by atoms with van der Waals surface area (Å²) < 4.78 is 0. The molecular formula is C10H11N. The van der Waals surface area contributed by atoms with Crippen LogP contribution in [-0.2, 0) is 12.8 Å². The van der Waals surface area contributed by atoms with Crippen molar-refractivity contribution in [2.24, 2.45) is 0 Å². The highest BCUT2D eigenvalue weighted by Gasteiger charge is 2.32. The summed E-state index contributed by atoms with van der Waals surface area (Å²) in [6, 6.07) is 2.37. The standard InChI is InChI=1S/C10H11N/c1-6-8-5-7-3-2-4-9(7)11-10(6)8/h5-6H,2-4H2,1H3. The van der Waals surface area contributed by atoms with Gasteiger partial charge in [0.1, 0.15) is 0 Å². The molecule has 0 N–H and O–H groups in total. The first-order valence-corrected chi connectivity index (χ1v) is 4.39. The highest BCUT2D eigenvalue weighted by Crippen LogP contribution is 2.43. The average molecular weight is 145 g/mol. The smallest absolute Gasteiger partial charge is 0.0518 e. The molecule has 0 aliphatic heterocycles. The van der Waals surface area contributed by atoms with Gasteiger partial charge in [-0.05, 0) is 30.4 Å². The predicted molar refractivity (Wildman–Crippen MR) is 43.8 cm³/mol. The topological polar surface area (TPSA) is 12.9 Å². The van der Waals surface area contributed by atoms with Gasteiger partial charge in [0.15, 0.2) is 0 Å². The van der Waals surface area contributed by atoms with Gasteiger partial charge in [-0.3, -0.25) is 4.98 Å². The Kier molecular flexibility index (Phi) is 0.867. The van der Waals surface area contributed by atoms with Crippen molar-refractivity contribution in [3.8, 4) is 0 Å². The van der Waals surface area contributed by atoms with Gasteiger partial charge in [-0.25, -0.2) is 0 Å². The van der Waals surface area contributed by atoms with E-state index in [1.165, 1.54) is 41.8 Å². The molecule has 0 aromatic carbocycles. The van der Waals surface area contributed by atoms with E-state index in [1.807, 2.05) is 0 Å². The quantitative estimate of drug-likeness (QED) is 0.544. The SMILES string of the molecule is CC1c2cc3c(nc21)CCC3. The zero-order valence-electron chi connectivity index (χ0n) is 6.72. The number of rotatable bonds is 0. The molecule has 2 aliphatic rings. The maximum Gasteiger partial charge on any atom is 0.0518 e. The van der Waals surface area contributed by atoms with Gasteiger partial charge in [-0.2, -0.15) is 0 Å². The molecule has 2 aliphatic carbocycles. The van der Waals surface area contributed by atoms with Gasteiger partial charge < -0.3 is 0 Å². The minimum Gasteiger partial charge on any atom is -0.257 e. The van der Waals surface area contributed by atoms with Gasteiger partial charge in [0.05, 0.1) is 5.69 Å². The molecule has 0 fully saturated rings. The summed E-state index contributed by atoms with van der Waals surface area (Å²) >= 11 is 0. The monoisotopic (exact) mass is 145 g/mol. The van der Waals surface area contributed by atoms with Gasteiger partial charge in [0.2, 0.25) is 0 Å². The number of nitrogens with zero attached hydrogens (tertiary/aromatic N) is 1. The lowest BCUT2D eigenvalue weighted by atomic mass is 10.2. The summed E-state index contributed by atoms with van der Waals surface area (Å²) in [5.74, 6) is 0.681. The van der Waals surface area contributed by atoms with E-state index in [0.29, 0.717) is 5.92 Å². The van der Waals surface area contributed by atoms with Crippen LogP contribution in [0.3, 0.4) is 0 Å². The van der Waals surface area contributed by atoms with Gasteiger partial charge in [0, 0.05) is 11.6 Å². The number of pyridine rings is 1. The van der Waals surface area contributed by atoms with Crippen LogP contribution in [0.15, 0.2) is 6.07 Å². The molecule has 1 unspecified atom stereocenters. The Morgan fingerprint density at radius 1 is 1.45 bits per heavy atom. The summed E-state index contributed by atoms with van der Waals surface area (Å²) in [6.07, 6.45) is 3.80. The molecular weight excluding hydrogens is 134 g/mol. The Morgan fingerprint density at radius 2 is 2.36 bits per heavy atom. The van der Waals surface area contributed by atoms with Crippen molar-refractivity contribution in [1.82, 2.24) is 4.98 Å². The zero-order chi connectivity index (χ0) is 7.42. The van der Waals surface area contributed by atoms with E-state index < -0.39 is 0 Å². The third kappa shape index (κ3) is 0.635. The van der Waals surface area contributed by atoms with E-state index >= 15 is 0 Å². The number of fused-ring (bicyclic) bond motifs is 2. The molecule has 11 heavy (non-hydrogen) atoms. The van der Waals surface area contributed by atoms with E-state index in [4.69, 9.17) is 0 Å². The van der Waals surface area contributed by atoms with E-state index in [1.54, 1.807) is 0 Å². The highest BCUT2D eigenvalue weighted by molar-refractivity contribution is 5.50. The second-order valence-electron chi connectivity index (χ2n) is 3.64. The fourth-order valence-corrected chi connectivity index (χ4v) is 2.07. The summed E-state index contributed by atoms with van der Waals surface area (Å²) in [6.45, 7) is 2.24. The molecule has 1 atom stereocenters. The van der Waals surface area contributed by atoms with Crippen LogP contribution < -0.4 is 0 Å². The first-order chi connectivity index (χ1) is 5.36. The normalized spacial score (nSPS) is 24.6. The van der Waals surface area contributed by atoms with Crippen LogP contribution in [0.5, 0.6) is 0 Å². The molecule has 1 aromatic rings. The van der Waals surface area contributed by atoms with Gasteiger partial charge in [-0.15, -0.1) is 0 Å². The fourth-order valence-electron chi connectivity index (χ4n) is 2.07. The summed E-state index contributed by atoms with van der Waals surface area (Å²) in [7, 11) is 0. The zero-order valence-corrected chi connectivity index (χ0v) is 6.72. The van der Waals surface area contributed by atoms with Crippen molar-refractivity contribution < 1.29 is 0 Å².